The maximum Gasteiger partial charge on any atom is 0.253 e. The Morgan fingerprint density at radius 3 is 2.83 bits per heavy atom. The van der Waals surface area contributed by atoms with E-state index in [1.165, 1.54) is 6.21 Å². The summed E-state index contributed by atoms with van der Waals surface area (Å²) in [5, 5.41) is 6.65. The molecule has 1 aromatic heterocycles. The first-order valence-corrected chi connectivity index (χ1v) is 7.31. The number of hydrogen-bond donors (Lipinski definition) is 2. The van der Waals surface area contributed by atoms with Gasteiger partial charge in [0, 0.05) is 30.4 Å². The molecule has 1 fully saturated rings. The Morgan fingerprint density at radius 2 is 2.09 bits per heavy atom. The number of aromatic nitrogens is 1. The molecule has 0 spiro atoms. The monoisotopic (exact) mass is 308 g/mol. The lowest BCUT2D eigenvalue weighted by Gasteiger charge is -2.15. The van der Waals surface area contributed by atoms with Gasteiger partial charge in [0.15, 0.2) is 0 Å². The van der Waals surface area contributed by atoms with Gasteiger partial charge >= 0.3 is 0 Å². The number of amides is 2. The lowest BCUT2D eigenvalue weighted by atomic mass is 9.88. The molecule has 1 aliphatic rings. The fraction of sp³-hybridized carbons (Fsp3) is 0.176. The Labute approximate surface area is 133 Å². The number of nitrogens with zero attached hydrogens (tertiary/aromatic N) is 2. The summed E-state index contributed by atoms with van der Waals surface area (Å²) < 4.78 is 0. The second kappa shape index (κ2) is 6.83. The second-order valence-electron chi connectivity index (χ2n) is 5.26. The molecule has 2 heterocycles. The van der Waals surface area contributed by atoms with Crippen LogP contribution in [0, 0.1) is 5.92 Å². The van der Waals surface area contributed by atoms with Crippen LogP contribution in [-0.4, -0.2) is 29.6 Å². The number of carbonyl (C=O) groups excluding carboxylic acids is 2. The number of hydrazone groups is 1. The zero-order valence-corrected chi connectivity index (χ0v) is 12.3. The van der Waals surface area contributed by atoms with Crippen molar-refractivity contribution in [3.63, 3.8) is 0 Å². The highest BCUT2D eigenvalue weighted by Crippen LogP contribution is 2.28. The maximum atomic E-state index is 12.3. The number of benzene rings is 1. The quantitative estimate of drug-likeness (QED) is 0.503. The minimum atomic E-state index is -0.775. The molecule has 1 aliphatic heterocycles. The van der Waals surface area contributed by atoms with E-state index < -0.39 is 11.8 Å². The van der Waals surface area contributed by atoms with Crippen LogP contribution in [0.25, 0.3) is 0 Å². The molecule has 1 saturated heterocycles. The van der Waals surface area contributed by atoms with E-state index in [-0.39, 0.29) is 11.8 Å². The molecule has 2 atom stereocenters. The van der Waals surface area contributed by atoms with E-state index in [2.05, 4.69) is 20.8 Å². The molecule has 23 heavy (non-hydrogen) atoms. The minimum Gasteiger partial charge on any atom is -0.355 e. The first-order valence-electron chi connectivity index (χ1n) is 7.31. The zero-order valence-electron chi connectivity index (χ0n) is 12.3. The van der Waals surface area contributed by atoms with E-state index in [1.54, 1.807) is 18.5 Å². The van der Waals surface area contributed by atoms with Crippen LogP contribution in [0.1, 0.15) is 17.0 Å². The van der Waals surface area contributed by atoms with E-state index in [0.717, 1.165) is 11.1 Å². The van der Waals surface area contributed by atoms with Gasteiger partial charge in [0.25, 0.3) is 5.91 Å². The van der Waals surface area contributed by atoms with Crippen LogP contribution in [-0.2, 0) is 9.59 Å². The largest absolute Gasteiger partial charge is 0.355 e. The summed E-state index contributed by atoms with van der Waals surface area (Å²) in [7, 11) is 0. The molecular formula is C17H16N4O2. The van der Waals surface area contributed by atoms with Crippen molar-refractivity contribution in [2.75, 3.05) is 6.54 Å². The summed E-state index contributed by atoms with van der Waals surface area (Å²) >= 11 is 0. The summed E-state index contributed by atoms with van der Waals surface area (Å²) in [6, 6.07) is 13.1. The number of carbonyl (C=O) groups is 2. The number of pyridine rings is 1. The van der Waals surface area contributed by atoms with E-state index >= 15 is 0 Å². The molecule has 1 aromatic carbocycles. The first kappa shape index (κ1) is 14.9. The van der Waals surface area contributed by atoms with Gasteiger partial charge in [0.1, 0.15) is 5.92 Å². The van der Waals surface area contributed by atoms with Crippen molar-refractivity contribution in [3.05, 3.63) is 66.0 Å². The smallest absolute Gasteiger partial charge is 0.253 e. The van der Waals surface area contributed by atoms with Gasteiger partial charge in [0.05, 0.1) is 6.21 Å². The average molecular weight is 308 g/mol. The summed E-state index contributed by atoms with van der Waals surface area (Å²) in [5.74, 6) is -1.64. The summed E-state index contributed by atoms with van der Waals surface area (Å²) in [6.07, 6.45) is 4.78. The van der Waals surface area contributed by atoms with Crippen molar-refractivity contribution in [3.8, 4) is 0 Å². The predicted molar refractivity (Wildman–Crippen MR) is 85.7 cm³/mol. The van der Waals surface area contributed by atoms with Gasteiger partial charge in [-0.15, -0.1) is 0 Å². The van der Waals surface area contributed by atoms with Crippen molar-refractivity contribution < 1.29 is 9.59 Å². The molecule has 2 amide bonds. The molecule has 2 N–H and O–H groups in total. The summed E-state index contributed by atoms with van der Waals surface area (Å²) in [5.41, 5.74) is 4.17. The maximum absolute atomic E-state index is 12.3. The number of rotatable bonds is 4. The summed E-state index contributed by atoms with van der Waals surface area (Å²) in [4.78, 5) is 28.3. The number of nitrogens with one attached hydrogen (secondary N) is 2. The van der Waals surface area contributed by atoms with Crippen molar-refractivity contribution >= 4 is 18.0 Å². The van der Waals surface area contributed by atoms with Crippen LogP contribution in [0.2, 0.25) is 0 Å². The van der Waals surface area contributed by atoms with Gasteiger partial charge in [0.2, 0.25) is 5.91 Å². The predicted octanol–water partition coefficient (Wildman–Crippen LogP) is 1.06. The molecule has 2 aromatic rings. The zero-order chi connectivity index (χ0) is 16.1. The van der Waals surface area contributed by atoms with Crippen LogP contribution < -0.4 is 10.7 Å². The third-order valence-corrected chi connectivity index (χ3v) is 3.76. The standard InChI is InChI=1S/C17H16N4O2/c22-16-15(14(11-19-16)13-6-2-1-3-7-13)17(23)21-20-10-12-5-4-8-18-9-12/h1-10,14-15H,11H2,(H,19,22)(H,21,23)/t14-,15-/m1/s1. The van der Waals surface area contributed by atoms with Gasteiger partial charge in [-0.3, -0.25) is 14.6 Å². The van der Waals surface area contributed by atoms with Gasteiger partial charge in [-0.25, -0.2) is 5.43 Å². The molecular weight excluding hydrogens is 292 g/mol. The highest BCUT2D eigenvalue weighted by Gasteiger charge is 2.40. The molecule has 0 radical (unpaired) electrons. The normalized spacial score (nSPS) is 20.4. The van der Waals surface area contributed by atoms with Crippen molar-refractivity contribution in [2.24, 2.45) is 11.0 Å². The van der Waals surface area contributed by atoms with E-state index in [0.29, 0.717) is 6.54 Å². The number of hydrogen-bond acceptors (Lipinski definition) is 4. The van der Waals surface area contributed by atoms with Crippen LogP contribution in [0.4, 0.5) is 0 Å². The minimum absolute atomic E-state index is 0.183. The van der Waals surface area contributed by atoms with E-state index in [1.807, 2.05) is 36.4 Å². The summed E-state index contributed by atoms with van der Waals surface area (Å²) in [6.45, 7) is 0.452. The lowest BCUT2D eigenvalue weighted by molar-refractivity contribution is -0.133. The fourth-order valence-corrected chi connectivity index (χ4v) is 2.63. The average Bonchev–Trinajstić information content (AvgIpc) is 2.98. The van der Waals surface area contributed by atoms with Crippen molar-refractivity contribution in [1.29, 1.82) is 0 Å². The van der Waals surface area contributed by atoms with Crippen LogP contribution in [0.5, 0.6) is 0 Å². The Hall–Kier alpha value is -3.02. The van der Waals surface area contributed by atoms with Gasteiger partial charge < -0.3 is 5.32 Å². The topological polar surface area (TPSA) is 83.5 Å². The highest BCUT2D eigenvalue weighted by atomic mass is 16.2. The Morgan fingerprint density at radius 1 is 1.26 bits per heavy atom. The third-order valence-electron chi connectivity index (χ3n) is 3.76. The molecule has 116 valence electrons. The molecule has 0 bridgehead atoms. The van der Waals surface area contributed by atoms with E-state index in [4.69, 9.17) is 0 Å². The highest BCUT2D eigenvalue weighted by molar-refractivity contribution is 6.03. The van der Waals surface area contributed by atoms with Crippen LogP contribution in [0.3, 0.4) is 0 Å². The van der Waals surface area contributed by atoms with Crippen LogP contribution >= 0.6 is 0 Å². The molecule has 3 rings (SSSR count). The molecule has 6 heteroatoms. The van der Waals surface area contributed by atoms with Crippen molar-refractivity contribution in [1.82, 2.24) is 15.7 Å². The SMILES string of the molecule is O=C1NC[C@H](c2ccccc2)[C@H]1C(=O)NN=Cc1cccnc1. The third kappa shape index (κ3) is 3.42. The first-order chi connectivity index (χ1) is 11.3. The molecule has 0 unspecified atom stereocenters. The lowest BCUT2D eigenvalue weighted by Crippen LogP contribution is -2.34. The second-order valence-corrected chi connectivity index (χ2v) is 5.26. The van der Waals surface area contributed by atoms with Crippen LogP contribution in [0.15, 0.2) is 60.0 Å². The fourth-order valence-electron chi connectivity index (χ4n) is 2.63. The Bertz CT molecular complexity index is 716. The van der Waals surface area contributed by atoms with E-state index in [9.17, 15) is 9.59 Å². The molecule has 6 nitrogen and oxygen atoms in total. The Balaban J connectivity index is 1.70. The van der Waals surface area contributed by atoms with Gasteiger partial charge in [-0.1, -0.05) is 36.4 Å². The Kier molecular flexibility index (Phi) is 4.42. The van der Waals surface area contributed by atoms with Gasteiger partial charge in [-0.2, -0.15) is 5.10 Å². The van der Waals surface area contributed by atoms with Gasteiger partial charge in [-0.05, 0) is 11.6 Å². The molecule has 0 saturated carbocycles. The van der Waals surface area contributed by atoms with Crippen molar-refractivity contribution in [2.45, 2.75) is 5.92 Å². The molecule has 0 aliphatic carbocycles.